The van der Waals surface area contributed by atoms with E-state index < -0.39 is 0 Å². The van der Waals surface area contributed by atoms with Crippen LogP contribution in [-0.2, 0) is 19.4 Å². The number of rotatable bonds is 9. The maximum atomic E-state index is 6.21. The molecule has 2 aromatic rings. The highest BCUT2D eigenvalue weighted by Gasteiger charge is 2.03. The fraction of sp³-hybridized carbons (Fsp3) is 0.500. The number of nitrogens with zero attached hydrogens (tertiary/aromatic N) is 4. The first-order valence-corrected chi connectivity index (χ1v) is 9.72. The molecule has 0 spiro atoms. The minimum Gasteiger partial charge on any atom is -0.357 e. The van der Waals surface area contributed by atoms with E-state index in [-0.39, 0.29) is 0 Å². The number of nitrogens with one attached hydrogen (secondary N) is 2. The van der Waals surface area contributed by atoms with Crippen molar-refractivity contribution in [1.29, 1.82) is 0 Å². The number of aromatic nitrogens is 3. The van der Waals surface area contributed by atoms with Gasteiger partial charge in [0.2, 0.25) is 0 Å². The molecule has 0 bridgehead atoms. The summed E-state index contributed by atoms with van der Waals surface area (Å²) in [6, 6.07) is 5.62. The summed E-state index contributed by atoms with van der Waals surface area (Å²) in [6.45, 7) is 7.25. The van der Waals surface area contributed by atoms with Gasteiger partial charge in [-0.2, -0.15) is 0 Å². The molecule has 1 heterocycles. The van der Waals surface area contributed by atoms with E-state index in [0.29, 0.717) is 10.0 Å². The van der Waals surface area contributed by atoms with Crippen LogP contribution >= 0.6 is 23.2 Å². The van der Waals surface area contributed by atoms with Crippen molar-refractivity contribution in [3.05, 3.63) is 46.0 Å². The Morgan fingerprint density at radius 3 is 2.81 bits per heavy atom. The predicted octanol–water partition coefficient (Wildman–Crippen LogP) is 3.34. The smallest absolute Gasteiger partial charge is 0.191 e. The molecule has 142 valence electrons. The molecule has 8 heteroatoms. The lowest BCUT2D eigenvalue weighted by Gasteiger charge is -2.12. The summed E-state index contributed by atoms with van der Waals surface area (Å²) < 4.78 is 2.05. The van der Waals surface area contributed by atoms with Crippen LogP contribution in [0.15, 0.2) is 29.5 Å². The summed E-state index contributed by atoms with van der Waals surface area (Å²) in [5.74, 6) is 1.81. The molecule has 0 unspecified atom stereocenters. The molecule has 0 radical (unpaired) electrons. The van der Waals surface area contributed by atoms with Gasteiger partial charge in [-0.25, -0.2) is 0 Å². The maximum absolute atomic E-state index is 6.21. The topological polar surface area (TPSA) is 67.1 Å². The Bertz CT molecular complexity index is 713. The third-order valence-electron chi connectivity index (χ3n) is 3.89. The van der Waals surface area contributed by atoms with E-state index in [2.05, 4.69) is 44.2 Å². The quantitative estimate of drug-likeness (QED) is 0.387. The summed E-state index contributed by atoms with van der Waals surface area (Å²) in [5.41, 5.74) is 1.10. The molecule has 2 rings (SSSR count). The van der Waals surface area contributed by atoms with Gasteiger partial charge in [0.25, 0.3) is 0 Å². The van der Waals surface area contributed by atoms with Crippen molar-refractivity contribution in [2.45, 2.75) is 39.7 Å². The number of aryl methyl sites for hydroxylation is 2. The molecule has 0 fully saturated rings. The van der Waals surface area contributed by atoms with E-state index in [4.69, 9.17) is 23.2 Å². The van der Waals surface area contributed by atoms with Crippen LogP contribution in [0.4, 0.5) is 0 Å². The second kappa shape index (κ2) is 11.0. The summed E-state index contributed by atoms with van der Waals surface area (Å²) >= 11 is 12.1. The van der Waals surface area contributed by atoms with Crippen molar-refractivity contribution in [3.63, 3.8) is 0 Å². The van der Waals surface area contributed by atoms with Crippen molar-refractivity contribution < 1.29 is 0 Å². The maximum Gasteiger partial charge on any atom is 0.191 e. The van der Waals surface area contributed by atoms with Crippen molar-refractivity contribution in [3.8, 4) is 0 Å². The first-order chi connectivity index (χ1) is 12.6. The van der Waals surface area contributed by atoms with Crippen LogP contribution in [0.5, 0.6) is 0 Å². The zero-order valence-corrected chi connectivity index (χ0v) is 16.8. The fourth-order valence-corrected chi connectivity index (χ4v) is 3.06. The predicted molar refractivity (Wildman–Crippen MR) is 108 cm³/mol. The number of halogens is 2. The van der Waals surface area contributed by atoms with Crippen molar-refractivity contribution >= 4 is 29.2 Å². The molecule has 2 N–H and O–H groups in total. The molecule has 0 aliphatic carbocycles. The molecule has 1 aromatic heterocycles. The van der Waals surface area contributed by atoms with Gasteiger partial charge in [-0.1, -0.05) is 36.2 Å². The highest BCUT2D eigenvalue weighted by Crippen LogP contribution is 2.21. The zero-order valence-electron chi connectivity index (χ0n) is 15.3. The normalized spacial score (nSPS) is 11.6. The van der Waals surface area contributed by atoms with E-state index in [1.807, 2.05) is 12.1 Å². The Morgan fingerprint density at radius 1 is 1.23 bits per heavy atom. The SMILES string of the molecule is CCNC(=NCCCc1ccc(Cl)cc1Cl)NCCn1cnnc1CC. The molecule has 26 heavy (non-hydrogen) atoms. The largest absolute Gasteiger partial charge is 0.357 e. The van der Waals surface area contributed by atoms with Gasteiger partial charge in [0, 0.05) is 42.6 Å². The molecule has 6 nitrogen and oxygen atoms in total. The minimum atomic E-state index is 0.662. The standard InChI is InChI=1S/C18H26Cl2N6/c1-3-17-25-24-13-26(17)11-10-23-18(21-4-2)22-9-5-6-14-7-8-15(19)12-16(14)20/h7-8,12-13H,3-6,9-11H2,1-2H3,(H2,21,22,23). The zero-order chi connectivity index (χ0) is 18.8. The van der Waals surface area contributed by atoms with Gasteiger partial charge in [-0.15, -0.1) is 10.2 Å². The molecule has 0 saturated heterocycles. The summed E-state index contributed by atoms with van der Waals surface area (Å²) in [6.07, 6.45) is 4.44. The van der Waals surface area contributed by atoms with Gasteiger partial charge in [0.05, 0.1) is 0 Å². The van der Waals surface area contributed by atoms with Crippen LogP contribution in [0, 0.1) is 0 Å². The third kappa shape index (κ3) is 6.50. The Hall–Kier alpha value is -1.79. The average molecular weight is 397 g/mol. The van der Waals surface area contributed by atoms with Crippen LogP contribution < -0.4 is 10.6 Å². The van der Waals surface area contributed by atoms with Crippen LogP contribution in [0.25, 0.3) is 0 Å². The van der Waals surface area contributed by atoms with Crippen LogP contribution in [-0.4, -0.2) is 40.4 Å². The van der Waals surface area contributed by atoms with Gasteiger partial charge in [0.15, 0.2) is 5.96 Å². The number of hydrogen-bond donors (Lipinski definition) is 2. The fourth-order valence-electron chi connectivity index (χ4n) is 2.56. The molecular weight excluding hydrogens is 371 g/mol. The van der Waals surface area contributed by atoms with Crippen LogP contribution in [0.3, 0.4) is 0 Å². The van der Waals surface area contributed by atoms with Crippen LogP contribution in [0.2, 0.25) is 10.0 Å². The van der Waals surface area contributed by atoms with Crippen molar-refractivity contribution in [2.24, 2.45) is 4.99 Å². The van der Waals surface area contributed by atoms with E-state index >= 15 is 0 Å². The number of hydrogen-bond acceptors (Lipinski definition) is 3. The number of benzene rings is 1. The highest BCUT2D eigenvalue weighted by molar-refractivity contribution is 6.35. The van der Waals surface area contributed by atoms with Crippen molar-refractivity contribution in [1.82, 2.24) is 25.4 Å². The minimum absolute atomic E-state index is 0.662. The Balaban J connectivity index is 1.78. The first-order valence-electron chi connectivity index (χ1n) is 8.96. The Kier molecular flexibility index (Phi) is 8.71. The Labute approximate surface area is 165 Å². The lowest BCUT2D eigenvalue weighted by Crippen LogP contribution is -2.39. The van der Waals surface area contributed by atoms with Gasteiger partial charge in [0.1, 0.15) is 12.2 Å². The third-order valence-corrected chi connectivity index (χ3v) is 4.48. The molecule has 1 aromatic carbocycles. The summed E-state index contributed by atoms with van der Waals surface area (Å²) in [5, 5.41) is 16.0. The van der Waals surface area contributed by atoms with Gasteiger partial charge in [-0.05, 0) is 37.5 Å². The van der Waals surface area contributed by atoms with Crippen LogP contribution in [0.1, 0.15) is 31.7 Å². The molecule has 0 aliphatic heterocycles. The molecule has 0 aliphatic rings. The van der Waals surface area contributed by atoms with Gasteiger partial charge in [-0.3, -0.25) is 4.99 Å². The second-order valence-corrected chi connectivity index (χ2v) is 6.66. The Morgan fingerprint density at radius 2 is 2.08 bits per heavy atom. The molecule has 0 amide bonds. The van der Waals surface area contributed by atoms with E-state index in [9.17, 15) is 0 Å². The van der Waals surface area contributed by atoms with Gasteiger partial charge < -0.3 is 15.2 Å². The summed E-state index contributed by atoms with van der Waals surface area (Å²) in [7, 11) is 0. The second-order valence-electron chi connectivity index (χ2n) is 5.82. The van der Waals surface area contributed by atoms with Crippen molar-refractivity contribution in [2.75, 3.05) is 19.6 Å². The monoisotopic (exact) mass is 396 g/mol. The summed E-state index contributed by atoms with van der Waals surface area (Å²) in [4.78, 5) is 4.62. The lowest BCUT2D eigenvalue weighted by atomic mass is 10.1. The average Bonchev–Trinajstić information content (AvgIpc) is 3.07. The van der Waals surface area contributed by atoms with Gasteiger partial charge >= 0.3 is 0 Å². The first kappa shape index (κ1) is 20.5. The number of aliphatic imine (C=N–C) groups is 1. The molecule has 0 saturated carbocycles. The van der Waals surface area contributed by atoms with E-state index in [1.54, 1.807) is 12.4 Å². The molecular formula is C18H26Cl2N6. The lowest BCUT2D eigenvalue weighted by molar-refractivity contribution is 0.632. The highest BCUT2D eigenvalue weighted by atomic mass is 35.5. The molecule has 0 atom stereocenters. The van der Waals surface area contributed by atoms with E-state index in [1.165, 1.54) is 0 Å². The van der Waals surface area contributed by atoms with E-state index in [0.717, 1.165) is 62.8 Å². The number of guanidine groups is 1.